The number of halogens is 12. The van der Waals surface area contributed by atoms with Crippen molar-refractivity contribution in [2.75, 3.05) is 5.32 Å². The number of carbonyl (C=O) groups is 1. The first-order chi connectivity index (χ1) is 13.2. The van der Waals surface area contributed by atoms with Gasteiger partial charge in [0.25, 0.3) is 5.91 Å². The van der Waals surface area contributed by atoms with Crippen LogP contribution in [0.15, 0.2) is 18.2 Å². The van der Waals surface area contributed by atoms with E-state index >= 15 is 0 Å². The third-order valence-electron chi connectivity index (χ3n) is 3.11. The van der Waals surface area contributed by atoms with Gasteiger partial charge >= 0.3 is 30.2 Å². The van der Waals surface area contributed by atoms with Gasteiger partial charge in [0.2, 0.25) is 0 Å². The van der Waals surface area contributed by atoms with Gasteiger partial charge in [-0.1, -0.05) is 11.6 Å². The molecule has 1 rings (SSSR count). The summed E-state index contributed by atoms with van der Waals surface area (Å²) in [7, 11) is 0. The molecule has 30 heavy (non-hydrogen) atoms. The largest absolute Gasteiger partial charge is 0.595 e. The third-order valence-corrected chi connectivity index (χ3v) is 3.34. The lowest BCUT2D eigenvalue weighted by Gasteiger charge is -2.34. The van der Waals surface area contributed by atoms with Crippen LogP contribution in [0, 0.1) is 5.21 Å². The molecule has 1 aromatic rings. The smallest absolute Gasteiger partial charge is 0.462 e. The quantitative estimate of drug-likeness (QED) is 0.423. The molecule has 1 amide bonds. The molecule has 172 valence electrons. The summed E-state index contributed by atoms with van der Waals surface area (Å²) in [5.74, 6) is -17.2. The van der Waals surface area contributed by atoms with Crippen molar-refractivity contribution in [1.29, 1.82) is 0 Å². The summed E-state index contributed by atoms with van der Waals surface area (Å²) in [6.45, 7) is 0. The lowest BCUT2D eigenvalue weighted by atomic mass is 10.2. The lowest BCUT2D eigenvalue weighted by Crippen LogP contribution is -2.99. The minimum Gasteiger partial charge on any atom is -0.595 e. The summed E-state index contributed by atoms with van der Waals surface area (Å²) in [5, 5.41) is 18.3. The second-order valence-corrected chi connectivity index (χ2v) is 5.67. The third kappa shape index (κ3) is 4.85. The molecule has 0 saturated carbocycles. The van der Waals surface area contributed by atoms with Crippen LogP contribution < -0.4 is 10.5 Å². The molecule has 6 nitrogen and oxygen atoms in total. The summed E-state index contributed by atoms with van der Waals surface area (Å²) in [6.07, 6.45) is -21.3. The average Bonchev–Trinajstić information content (AvgIpc) is 2.53. The van der Waals surface area contributed by atoms with Crippen LogP contribution in [0.25, 0.3) is 0 Å². The Bertz CT molecular complexity index is 799. The van der Waals surface area contributed by atoms with Crippen molar-refractivity contribution >= 4 is 28.9 Å². The number of benzene rings is 1. The summed E-state index contributed by atoms with van der Waals surface area (Å²) in [5.41, 5.74) is -2.33. The zero-order valence-corrected chi connectivity index (χ0v) is 14.2. The van der Waals surface area contributed by atoms with Gasteiger partial charge in [0.05, 0.1) is 0 Å². The van der Waals surface area contributed by atoms with E-state index in [0.29, 0.717) is 12.1 Å². The first-order valence-electron chi connectivity index (χ1n) is 6.80. The van der Waals surface area contributed by atoms with E-state index in [4.69, 9.17) is 16.8 Å². The van der Waals surface area contributed by atoms with Gasteiger partial charge in [-0.2, -0.15) is 53.5 Å². The second kappa shape index (κ2) is 7.95. The fraction of sp³-hybridized carbons (Fsp3) is 0.417. The van der Waals surface area contributed by atoms with Crippen LogP contribution in [0.4, 0.5) is 59.7 Å². The second-order valence-electron chi connectivity index (χ2n) is 5.23. The van der Waals surface area contributed by atoms with Crippen molar-refractivity contribution in [3.8, 4) is 0 Å². The molecule has 0 radical (unpaired) electrons. The predicted octanol–water partition coefficient (Wildman–Crippen LogP) is 3.72. The Morgan fingerprint density at radius 2 is 1.50 bits per heavy atom. The standard InChI is InChI=1S/C12H6ClF11N2O4/c13-4-1-2-5(6(3-4)26(28)29)25-7(27)8(14,10(17,18)19)30-12(23,24)9(15,16)11(20,21)22/h1-3,26,28H,(H,25,27)/t8-/m0/s1. The van der Waals surface area contributed by atoms with E-state index < -0.39 is 52.7 Å². The van der Waals surface area contributed by atoms with E-state index in [2.05, 4.69) is 4.74 Å². The van der Waals surface area contributed by atoms with Crippen LogP contribution in [-0.4, -0.2) is 41.4 Å². The monoisotopic (exact) mass is 486 g/mol. The minimum absolute atomic E-state index is 0.375. The highest BCUT2D eigenvalue weighted by Crippen LogP contribution is 2.51. The van der Waals surface area contributed by atoms with Gasteiger partial charge in [-0.15, -0.1) is 0 Å². The van der Waals surface area contributed by atoms with Crippen LogP contribution in [0.3, 0.4) is 0 Å². The van der Waals surface area contributed by atoms with Gasteiger partial charge in [0, 0.05) is 11.1 Å². The van der Waals surface area contributed by atoms with Crippen LogP contribution in [0.2, 0.25) is 5.02 Å². The highest BCUT2D eigenvalue weighted by molar-refractivity contribution is 6.31. The van der Waals surface area contributed by atoms with Crippen LogP contribution in [-0.2, 0) is 9.53 Å². The molecule has 0 aromatic heterocycles. The van der Waals surface area contributed by atoms with E-state index in [1.807, 2.05) is 0 Å². The number of nitrogens with one attached hydrogen (secondary N) is 2. The molecule has 0 bridgehead atoms. The van der Waals surface area contributed by atoms with Crippen LogP contribution in [0.1, 0.15) is 0 Å². The van der Waals surface area contributed by atoms with E-state index in [0.717, 1.165) is 11.4 Å². The van der Waals surface area contributed by atoms with Gasteiger partial charge in [0.1, 0.15) is 5.69 Å². The number of amides is 1. The number of hydrogen-bond donors (Lipinski definition) is 3. The highest BCUT2D eigenvalue weighted by Gasteiger charge is 2.79. The molecule has 0 aliphatic carbocycles. The molecule has 0 heterocycles. The van der Waals surface area contributed by atoms with Crippen LogP contribution >= 0.6 is 11.6 Å². The maximum Gasteiger partial charge on any atom is 0.462 e. The maximum atomic E-state index is 14.1. The molecule has 0 spiro atoms. The molecule has 1 unspecified atom stereocenters. The normalized spacial score (nSPS) is 16.7. The van der Waals surface area contributed by atoms with E-state index in [1.165, 1.54) is 0 Å². The Hall–Kier alpha value is -1.95. The van der Waals surface area contributed by atoms with E-state index in [1.54, 1.807) is 0 Å². The van der Waals surface area contributed by atoms with Crippen LogP contribution in [0.5, 0.6) is 0 Å². The summed E-state index contributed by atoms with van der Waals surface area (Å²) < 4.78 is 143. The molecule has 0 aliphatic heterocycles. The van der Waals surface area contributed by atoms with Gasteiger partial charge in [-0.05, 0) is 12.1 Å². The van der Waals surface area contributed by atoms with Gasteiger partial charge in [0.15, 0.2) is 5.69 Å². The molecule has 0 saturated heterocycles. The Morgan fingerprint density at radius 3 is 1.90 bits per heavy atom. The number of hydrogen-bond acceptors (Lipinski definition) is 4. The predicted molar refractivity (Wildman–Crippen MR) is 72.8 cm³/mol. The number of anilines is 1. The molecule has 18 heteroatoms. The number of ether oxygens (including phenoxy) is 1. The number of alkyl halides is 11. The molecule has 2 atom stereocenters. The number of carbonyl (C=O) groups excluding carboxylic acids is 1. The Balaban J connectivity index is 3.42. The average molecular weight is 487 g/mol. The topological polar surface area (TPSA) is 86.1 Å². The Labute approximate surface area is 162 Å². The molecular weight excluding hydrogens is 481 g/mol. The summed E-state index contributed by atoms with van der Waals surface area (Å²) in [4.78, 5) is 11.6. The van der Waals surface area contributed by atoms with Crippen molar-refractivity contribution in [2.24, 2.45) is 0 Å². The molecular formula is C12H6ClF11N2O4. The summed E-state index contributed by atoms with van der Waals surface area (Å²) >= 11 is 5.40. The van der Waals surface area contributed by atoms with Gasteiger partial charge < -0.3 is 10.5 Å². The van der Waals surface area contributed by atoms with Gasteiger partial charge in [-0.25, -0.2) is 5.21 Å². The highest BCUT2D eigenvalue weighted by atomic mass is 35.5. The van der Waals surface area contributed by atoms with Crippen molar-refractivity contribution < 1.29 is 68.3 Å². The first kappa shape index (κ1) is 26.1. The molecule has 0 fully saturated rings. The zero-order valence-electron chi connectivity index (χ0n) is 13.4. The molecule has 0 aliphatic rings. The molecule has 3 N–H and O–H groups in total. The van der Waals surface area contributed by atoms with E-state index in [9.17, 15) is 58.3 Å². The minimum atomic E-state index is -7.35. The number of rotatable bonds is 6. The van der Waals surface area contributed by atoms with Crippen molar-refractivity contribution in [3.63, 3.8) is 0 Å². The van der Waals surface area contributed by atoms with Gasteiger partial charge in [-0.3, -0.25) is 9.53 Å². The first-order valence-corrected chi connectivity index (χ1v) is 7.17. The Morgan fingerprint density at radius 1 is 1.00 bits per heavy atom. The summed E-state index contributed by atoms with van der Waals surface area (Å²) in [6, 6.07) is 1.67. The Kier molecular flexibility index (Phi) is 6.91. The van der Waals surface area contributed by atoms with E-state index in [-0.39, 0.29) is 5.02 Å². The SMILES string of the molecule is O=C(Nc1ccc(Cl)cc1[NH+]([O-])O)[C@](F)(OC(F)(F)C(F)(F)C(F)(F)F)C(F)(F)F. The maximum absolute atomic E-state index is 14.1. The number of quaternary nitrogens is 1. The van der Waals surface area contributed by atoms with Crippen molar-refractivity contribution in [1.82, 2.24) is 0 Å². The lowest BCUT2D eigenvalue weighted by molar-refractivity contribution is -0.990. The fourth-order valence-corrected chi connectivity index (χ4v) is 1.82. The molecule has 1 aromatic carbocycles. The zero-order chi connectivity index (χ0) is 23.9. The van der Waals surface area contributed by atoms with Crippen molar-refractivity contribution in [2.45, 2.75) is 30.2 Å². The van der Waals surface area contributed by atoms with Crippen molar-refractivity contribution in [3.05, 3.63) is 28.4 Å². The fourth-order valence-electron chi connectivity index (χ4n) is 1.64.